The number of rotatable bonds is 0. The van der Waals surface area contributed by atoms with Gasteiger partial charge in [-0.25, -0.2) is 0 Å². The average Bonchev–Trinajstić information content (AvgIpc) is 3.35. The summed E-state index contributed by atoms with van der Waals surface area (Å²) in [6.45, 7) is 0. The minimum Gasteiger partial charge on any atom is -0.250 e. The molecule has 5 aromatic carbocycles. The number of hydrogen-bond acceptors (Lipinski definition) is 1. The maximum atomic E-state index is 5.45. The molecule has 0 aliphatic heterocycles. The Labute approximate surface area is 192 Å². The fourth-order valence-electron chi connectivity index (χ4n) is 6.37. The summed E-state index contributed by atoms with van der Waals surface area (Å²) in [7, 11) is 0. The standard InChI is InChI=1S/C32H19N/c1-2-10-21-20(9-1)17-18-30-25(21)19-26-24-13-5-8-16-29(24)32(31(26)33-30)27-14-6-3-11-22(27)23-12-4-7-15-28(23)32/h1-19H. The summed E-state index contributed by atoms with van der Waals surface area (Å²) in [5, 5.41) is 3.73. The summed E-state index contributed by atoms with van der Waals surface area (Å²) < 4.78 is 0. The van der Waals surface area contributed by atoms with Crippen molar-refractivity contribution >= 4 is 21.7 Å². The lowest BCUT2D eigenvalue weighted by Crippen LogP contribution is -2.27. The third-order valence-corrected chi connectivity index (χ3v) is 7.65. The van der Waals surface area contributed by atoms with Crippen molar-refractivity contribution in [2.24, 2.45) is 0 Å². The van der Waals surface area contributed by atoms with E-state index in [0.717, 1.165) is 11.2 Å². The van der Waals surface area contributed by atoms with Crippen LogP contribution >= 0.6 is 0 Å². The molecular weight excluding hydrogens is 398 g/mol. The lowest BCUT2D eigenvalue weighted by Gasteiger charge is -2.29. The summed E-state index contributed by atoms with van der Waals surface area (Å²) in [4.78, 5) is 5.45. The van der Waals surface area contributed by atoms with E-state index in [-0.39, 0.29) is 5.41 Å². The smallest absolute Gasteiger partial charge is 0.0898 e. The Kier molecular flexibility index (Phi) is 3.13. The topological polar surface area (TPSA) is 12.9 Å². The minimum absolute atomic E-state index is 0.376. The van der Waals surface area contributed by atoms with Crippen LogP contribution in [0.25, 0.3) is 43.9 Å². The molecule has 1 nitrogen and oxygen atoms in total. The van der Waals surface area contributed by atoms with Crippen LogP contribution in [0.3, 0.4) is 0 Å². The largest absolute Gasteiger partial charge is 0.250 e. The van der Waals surface area contributed by atoms with Gasteiger partial charge in [-0.05, 0) is 56.3 Å². The Morgan fingerprint density at radius 3 is 1.67 bits per heavy atom. The van der Waals surface area contributed by atoms with Gasteiger partial charge in [0.2, 0.25) is 0 Å². The number of hydrogen-bond donors (Lipinski definition) is 0. The second kappa shape index (κ2) is 5.96. The zero-order valence-corrected chi connectivity index (χ0v) is 17.9. The molecule has 1 spiro atoms. The molecule has 0 radical (unpaired) electrons. The first-order valence-corrected chi connectivity index (χ1v) is 11.5. The van der Waals surface area contributed by atoms with Crippen LogP contribution in [0.1, 0.15) is 22.4 Å². The summed E-state index contributed by atoms with van der Waals surface area (Å²) in [5.74, 6) is 0. The average molecular weight is 418 g/mol. The van der Waals surface area contributed by atoms with E-state index in [9.17, 15) is 0 Å². The number of fused-ring (bicyclic) bond motifs is 13. The molecule has 0 saturated heterocycles. The molecule has 6 aromatic rings. The molecule has 0 bridgehead atoms. The van der Waals surface area contributed by atoms with E-state index >= 15 is 0 Å². The summed E-state index contributed by atoms with van der Waals surface area (Å²) in [5.41, 5.74) is 11.0. The molecule has 0 N–H and O–H groups in total. The van der Waals surface area contributed by atoms with Crippen molar-refractivity contribution in [1.29, 1.82) is 0 Å². The predicted molar refractivity (Wildman–Crippen MR) is 136 cm³/mol. The summed E-state index contributed by atoms with van der Waals surface area (Å²) in [6, 6.07) is 42.0. The lowest BCUT2D eigenvalue weighted by atomic mass is 9.72. The van der Waals surface area contributed by atoms with Gasteiger partial charge >= 0.3 is 0 Å². The molecule has 1 aromatic heterocycles. The lowest BCUT2D eigenvalue weighted by molar-refractivity contribution is 0.765. The van der Waals surface area contributed by atoms with Gasteiger partial charge in [-0.1, -0.05) is 103 Å². The van der Waals surface area contributed by atoms with Gasteiger partial charge in [0.05, 0.1) is 16.6 Å². The fraction of sp³-hybridized carbons (Fsp3) is 0.0312. The Morgan fingerprint density at radius 2 is 1.00 bits per heavy atom. The molecule has 0 atom stereocenters. The Morgan fingerprint density at radius 1 is 0.455 bits per heavy atom. The van der Waals surface area contributed by atoms with E-state index < -0.39 is 0 Å². The molecule has 0 unspecified atom stereocenters. The van der Waals surface area contributed by atoms with Crippen molar-refractivity contribution in [2.45, 2.75) is 5.41 Å². The number of nitrogens with zero attached hydrogens (tertiary/aromatic N) is 1. The van der Waals surface area contributed by atoms with Crippen LogP contribution in [-0.4, -0.2) is 4.98 Å². The molecule has 0 saturated carbocycles. The molecule has 1 heteroatoms. The SMILES string of the molecule is c1ccc2c(c1)-c1ccccc1C21c2ccccc2-c2cc3c(ccc4ccccc43)nc21. The fourth-order valence-corrected chi connectivity index (χ4v) is 6.37. The van der Waals surface area contributed by atoms with Crippen molar-refractivity contribution in [3.63, 3.8) is 0 Å². The molecule has 152 valence electrons. The van der Waals surface area contributed by atoms with Gasteiger partial charge in [0.1, 0.15) is 0 Å². The van der Waals surface area contributed by atoms with Gasteiger partial charge in [-0.3, -0.25) is 4.98 Å². The molecule has 8 rings (SSSR count). The highest BCUT2D eigenvalue weighted by Gasteiger charge is 2.52. The maximum absolute atomic E-state index is 5.45. The van der Waals surface area contributed by atoms with Crippen LogP contribution in [0, 0.1) is 0 Å². The third-order valence-electron chi connectivity index (χ3n) is 7.65. The third kappa shape index (κ3) is 1.97. The quantitative estimate of drug-likeness (QED) is 0.230. The maximum Gasteiger partial charge on any atom is 0.0898 e. The van der Waals surface area contributed by atoms with E-state index in [0.29, 0.717) is 0 Å². The molecular formula is C32H19N. The Balaban J connectivity index is 1.60. The van der Waals surface area contributed by atoms with E-state index in [1.54, 1.807) is 0 Å². The van der Waals surface area contributed by atoms with E-state index in [4.69, 9.17) is 4.98 Å². The van der Waals surface area contributed by atoms with E-state index in [1.165, 1.54) is 55.1 Å². The Bertz CT molecular complexity index is 1730. The van der Waals surface area contributed by atoms with Crippen LogP contribution in [0.4, 0.5) is 0 Å². The molecule has 0 fully saturated rings. The Hall–Kier alpha value is -4.23. The van der Waals surface area contributed by atoms with Crippen LogP contribution in [0.5, 0.6) is 0 Å². The second-order valence-corrected chi connectivity index (χ2v) is 9.12. The second-order valence-electron chi connectivity index (χ2n) is 9.12. The first-order valence-electron chi connectivity index (χ1n) is 11.5. The predicted octanol–water partition coefficient (Wildman–Crippen LogP) is 7.73. The van der Waals surface area contributed by atoms with Gasteiger partial charge in [-0.15, -0.1) is 0 Å². The monoisotopic (exact) mass is 417 g/mol. The molecule has 1 heterocycles. The van der Waals surface area contributed by atoms with Crippen LogP contribution in [0.15, 0.2) is 115 Å². The highest BCUT2D eigenvalue weighted by Crippen LogP contribution is 2.62. The van der Waals surface area contributed by atoms with Crippen LogP contribution in [-0.2, 0) is 5.41 Å². The summed E-state index contributed by atoms with van der Waals surface area (Å²) >= 11 is 0. The van der Waals surface area contributed by atoms with Gasteiger partial charge in [0.25, 0.3) is 0 Å². The van der Waals surface area contributed by atoms with Gasteiger partial charge in [0, 0.05) is 10.9 Å². The highest BCUT2D eigenvalue weighted by atomic mass is 14.8. The van der Waals surface area contributed by atoms with Gasteiger partial charge in [0.15, 0.2) is 0 Å². The van der Waals surface area contributed by atoms with Gasteiger partial charge < -0.3 is 0 Å². The summed E-state index contributed by atoms with van der Waals surface area (Å²) in [6.07, 6.45) is 0. The number of benzene rings is 5. The zero-order valence-electron chi connectivity index (χ0n) is 17.9. The number of aromatic nitrogens is 1. The van der Waals surface area contributed by atoms with Crippen molar-refractivity contribution in [2.75, 3.05) is 0 Å². The van der Waals surface area contributed by atoms with Gasteiger partial charge in [-0.2, -0.15) is 0 Å². The molecule has 33 heavy (non-hydrogen) atoms. The molecule has 2 aliphatic rings. The zero-order chi connectivity index (χ0) is 21.6. The van der Waals surface area contributed by atoms with E-state index in [2.05, 4.69) is 115 Å². The molecule has 0 amide bonds. The normalized spacial score (nSPS) is 14.3. The first-order chi connectivity index (χ1) is 16.4. The highest BCUT2D eigenvalue weighted by molar-refractivity contribution is 6.09. The number of pyridine rings is 1. The first kappa shape index (κ1) is 17.3. The minimum atomic E-state index is -0.376. The van der Waals surface area contributed by atoms with Crippen LogP contribution < -0.4 is 0 Å². The van der Waals surface area contributed by atoms with Crippen LogP contribution in [0.2, 0.25) is 0 Å². The van der Waals surface area contributed by atoms with Crippen molar-refractivity contribution < 1.29 is 0 Å². The molecule has 2 aliphatic carbocycles. The van der Waals surface area contributed by atoms with E-state index in [1.807, 2.05) is 0 Å². The van der Waals surface area contributed by atoms with Crippen molar-refractivity contribution in [1.82, 2.24) is 4.98 Å². The van der Waals surface area contributed by atoms with Crippen molar-refractivity contribution in [3.05, 3.63) is 138 Å². The van der Waals surface area contributed by atoms with Crippen molar-refractivity contribution in [3.8, 4) is 22.3 Å².